The maximum atomic E-state index is 12.5. The third-order valence-electron chi connectivity index (χ3n) is 5.98. The summed E-state index contributed by atoms with van der Waals surface area (Å²) in [7, 11) is 1.93. The van der Waals surface area contributed by atoms with Gasteiger partial charge in [0.2, 0.25) is 0 Å². The molecule has 1 atom stereocenters. The van der Waals surface area contributed by atoms with Crippen LogP contribution >= 0.6 is 0 Å². The van der Waals surface area contributed by atoms with E-state index in [0.717, 1.165) is 38.8 Å². The Morgan fingerprint density at radius 3 is 2.62 bits per heavy atom. The number of aliphatic hydroxyl groups excluding tert-OH is 1. The van der Waals surface area contributed by atoms with E-state index in [1.54, 1.807) is 0 Å². The lowest BCUT2D eigenvalue weighted by Gasteiger charge is -2.37. The Morgan fingerprint density at radius 2 is 1.96 bits per heavy atom. The Balaban J connectivity index is 1.74. The number of nitrogens with one attached hydrogen (secondary N) is 1. The van der Waals surface area contributed by atoms with Crippen molar-refractivity contribution in [2.75, 3.05) is 33.3 Å². The molecule has 0 aromatic heterocycles. The molecule has 0 aromatic rings. The van der Waals surface area contributed by atoms with Gasteiger partial charge in [-0.1, -0.05) is 19.8 Å². The van der Waals surface area contributed by atoms with Gasteiger partial charge in [-0.3, -0.25) is 4.90 Å². The predicted octanol–water partition coefficient (Wildman–Crippen LogP) is 2.83. The number of hydrogen-bond donors (Lipinski definition) is 2. The molecule has 2 amide bonds. The highest BCUT2D eigenvalue weighted by molar-refractivity contribution is 5.74. The molecule has 0 spiro atoms. The molecule has 2 aliphatic rings. The first-order valence-corrected chi connectivity index (χ1v) is 10.0. The first-order valence-electron chi connectivity index (χ1n) is 10.0. The van der Waals surface area contributed by atoms with Gasteiger partial charge in [0.25, 0.3) is 0 Å². The van der Waals surface area contributed by atoms with E-state index >= 15 is 0 Å². The molecule has 0 bridgehead atoms. The van der Waals surface area contributed by atoms with Crippen molar-refractivity contribution in [1.29, 1.82) is 0 Å². The lowest BCUT2D eigenvalue weighted by molar-refractivity contribution is 0.124. The number of unbranched alkanes of at least 4 members (excludes halogenated alkanes) is 1. The fourth-order valence-electron chi connectivity index (χ4n) is 4.16. The summed E-state index contributed by atoms with van der Waals surface area (Å²) in [6.45, 7) is 5.65. The maximum absolute atomic E-state index is 12.5. The second kappa shape index (κ2) is 10.2. The fraction of sp³-hybridized carbons (Fsp3) is 0.947. The molecule has 2 rings (SSSR count). The summed E-state index contributed by atoms with van der Waals surface area (Å²) in [6, 6.07) is 0.909. The number of aliphatic hydroxyl groups is 1. The molecule has 5 nitrogen and oxygen atoms in total. The zero-order valence-corrected chi connectivity index (χ0v) is 15.7. The zero-order chi connectivity index (χ0) is 17.4. The molecule has 2 fully saturated rings. The topological polar surface area (TPSA) is 55.8 Å². The van der Waals surface area contributed by atoms with Crippen molar-refractivity contribution in [3.8, 4) is 0 Å². The lowest BCUT2D eigenvalue weighted by Crippen LogP contribution is -2.51. The molecule has 1 aliphatic carbocycles. The fourth-order valence-corrected chi connectivity index (χ4v) is 4.16. The molecular formula is C19H37N3O2. The average molecular weight is 340 g/mol. The van der Waals surface area contributed by atoms with Gasteiger partial charge < -0.3 is 15.3 Å². The van der Waals surface area contributed by atoms with E-state index in [4.69, 9.17) is 0 Å². The number of nitrogens with zero attached hydrogens (tertiary/aromatic N) is 2. The normalized spacial score (nSPS) is 28.5. The van der Waals surface area contributed by atoms with E-state index in [0.29, 0.717) is 18.0 Å². The standard InChI is InChI=1S/C19H37N3O2/c1-3-4-12-22-13-6-5-7-18(22)14-20-19(24)21(2)17-10-8-16(15-23)9-11-17/h16-18,23H,3-15H2,1-2H3,(H,20,24). The highest BCUT2D eigenvalue weighted by Gasteiger charge is 2.27. The van der Waals surface area contributed by atoms with Crippen LogP contribution in [0.2, 0.25) is 0 Å². The van der Waals surface area contributed by atoms with E-state index in [1.807, 2.05) is 11.9 Å². The van der Waals surface area contributed by atoms with Crippen LogP contribution in [0, 0.1) is 5.92 Å². The summed E-state index contributed by atoms with van der Waals surface area (Å²) in [6.07, 6.45) is 10.4. The summed E-state index contributed by atoms with van der Waals surface area (Å²) in [5.41, 5.74) is 0. The smallest absolute Gasteiger partial charge is 0.317 e. The quantitative estimate of drug-likeness (QED) is 0.750. The first-order chi connectivity index (χ1) is 11.7. The molecule has 1 heterocycles. The second-order valence-electron chi connectivity index (χ2n) is 7.69. The van der Waals surface area contributed by atoms with Gasteiger partial charge in [0.1, 0.15) is 0 Å². The number of piperidine rings is 1. The van der Waals surface area contributed by atoms with Crippen molar-refractivity contribution >= 4 is 6.03 Å². The Labute approximate surface area is 147 Å². The van der Waals surface area contributed by atoms with Gasteiger partial charge in [-0.25, -0.2) is 4.79 Å². The van der Waals surface area contributed by atoms with E-state index < -0.39 is 0 Å². The van der Waals surface area contributed by atoms with E-state index in [9.17, 15) is 9.90 Å². The van der Waals surface area contributed by atoms with Crippen molar-refractivity contribution in [2.45, 2.75) is 76.8 Å². The molecule has 0 radical (unpaired) electrons. The van der Waals surface area contributed by atoms with Crippen LogP contribution in [-0.4, -0.2) is 66.3 Å². The Kier molecular flexibility index (Phi) is 8.33. The molecular weight excluding hydrogens is 302 g/mol. The van der Waals surface area contributed by atoms with Gasteiger partial charge in [0.05, 0.1) is 0 Å². The molecule has 1 unspecified atom stereocenters. The number of hydrogen-bond acceptors (Lipinski definition) is 3. The summed E-state index contributed by atoms with van der Waals surface area (Å²) < 4.78 is 0. The van der Waals surface area contributed by atoms with Gasteiger partial charge in [-0.2, -0.15) is 0 Å². The number of likely N-dealkylation sites (tertiary alicyclic amines) is 1. The Hall–Kier alpha value is -0.810. The highest BCUT2D eigenvalue weighted by Crippen LogP contribution is 2.26. The molecule has 5 heteroatoms. The van der Waals surface area contributed by atoms with E-state index in [-0.39, 0.29) is 12.6 Å². The number of urea groups is 1. The molecule has 24 heavy (non-hydrogen) atoms. The molecule has 2 N–H and O–H groups in total. The Bertz CT molecular complexity index is 370. The van der Waals surface area contributed by atoms with Crippen LogP contribution in [-0.2, 0) is 0 Å². The average Bonchev–Trinajstić information content (AvgIpc) is 2.64. The number of carbonyl (C=O) groups excluding carboxylic acids is 1. The number of rotatable bonds is 7. The molecule has 140 valence electrons. The summed E-state index contributed by atoms with van der Waals surface area (Å²) in [5, 5.41) is 12.4. The van der Waals surface area contributed by atoms with Gasteiger partial charge in [0.15, 0.2) is 0 Å². The molecule has 0 aromatic carbocycles. The number of carbonyl (C=O) groups is 1. The minimum absolute atomic E-state index is 0.0727. The zero-order valence-electron chi connectivity index (χ0n) is 15.7. The monoisotopic (exact) mass is 339 g/mol. The van der Waals surface area contributed by atoms with Gasteiger partial charge in [-0.05, 0) is 64.0 Å². The minimum atomic E-state index is 0.0727. The Morgan fingerprint density at radius 1 is 1.21 bits per heavy atom. The summed E-state index contributed by atoms with van der Waals surface area (Å²) in [4.78, 5) is 17.0. The van der Waals surface area contributed by atoms with Crippen LogP contribution in [0.15, 0.2) is 0 Å². The number of amides is 2. The van der Waals surface area contributed by atoms with E-state index in [2.05, 4.69) is 17.1 Å². The van der Waals surface area contributed by atoms with Crippen LogP contribution in [0.5, 0.6) is 0 Å². The van der Waals surface area contributed by atoms with Crippen LogP contribution in [0.25, 0.3) is 0 Å². The van der Waals surface area contributed by atoms with Crippen molar-refractivity contribution in [2.24, 2.45) is 5.92 Å². The van der Waals surface area contributed by atoms with Crippen LogP contribution in [0.1, 0.15) is 64.7 Å². The third-order valence-corrected chi connectivity index (χ3v) is 5.98. The molecule has 1 saturated carbocycles. The van der Waals surface area contributed by atoms with Crippen molar-refractivity contribution in [1.82, 2.24) is 15.1 Å². The summed E-state index contributed by atoms with van der Waals surface area (Å²) >= 11 is 0. The van der Waals surface area contributed by atoms with Crippen LogP contribution in [0.4, 0.5) is 4.79 Å². The maximum Gasteiger partial charge on any atom is 0.317 e. The van der Waals surface area contributed by atoms with Crippen molar-refractivity contribution < 1.29 is 9.90 Å². The van der Waals surface area contributed by atoms with Crippen molar-refractivity contribution in [3.63, 3.8) is 0 Å². The van der Waals surface area contributed by atoms with Crippen LogP contribution in [0.3, 0.4) is 0 Å². The second-order valence-corrected chi connectivity index (χ2v) is 7.69. The van der Waals surface area contributed by atoms with Crippen molar-refractivity contribution in [3.05, 3.63) is 0 Å². The van der Waals surface area contributed by atoms with Gasteiger partial charge in [-0.15, -0.1) is 0 Å². The molecule has 1 saturated heterocycles. The highest BCUT2D eigenvalue weighted by atomic mass is 16.3. The largest absolute Gasteiger partial charge is 0.396 e. The van der Waals surface area contributed by atoms with Gasteiger partial charge in [0, 0.05) is 32.3 Å². The van der Waals surface area contributed by atoms with E-state index in [1.165, 1.54) is 38.6 Å². The third kappa shape index (κ3) is 5.62. The molecule has 1 aliphatic heterocycles. The summed E-state index contributed by atoms with van der Waals surface area (Å²) in [5.74, 6) is 0.437. The predicted molar refractivity (Wildman–Crippen MR) is 98.1 cm³/mol. The first kappa shape index (κ1) is 19.5. The minimum Gasteiger partial charge on any atom is -0.396 e. The lowest BCUT2D eigenvalue weighted by atomic mass is 9.86. The SMILES string of the molecule is CCCCN1CCCCC1CNC(=O)N(C)C1CCC(CO)CC1. The van der Waals surface area contributed by atoms with Gasteiger partial charge >= 0.3 is 6.03 Å². The van der Waals surface area contributed by atoms with Crippen LogP contribution < -0.4 is 5.32 Å².